The maximum Gasteiger partial charge on any atom is 0.269 e. The Balaban J connectivity index is 1.54. The highest BCUT2D eigenvalue weighted by molar-refractivity contribution is 5.92. The average molecular weight is 327 g/mol. The first kappa shape index (κ1) is 15.1. The summed E-state index contributed by atoms with van der Waals surface area (Å²) in [6.07, 6.45) is 1.74. The maximum atomic E-state index is 11.8. The molecule has 126 valence electrons. The van der Waals surface area contributed by atoms with Gasteiger partial charge in [0, 0.05) is 13.6 Å². The Kier molecular flexibility index (Phi) is 3.72. The van der Waals surface area contributed by atoms with Crippen LogP contribution in [0.1, 0.15) is 40.8 Å². The molecule has 0 spiro atoms. The zero-order valence-electron chi connectivity index (χ0n) is 13.6. The van der Waals surface area contributed by atoms with Crippen molar-refractivity contribution in [3.63, 3.8) is 0 Å². The van der Waals surface area contributed by atoms with Crippen LogP contribution in [0.25, 0.3) is 0 Å². The quantitative estimate of drug-likeness (QED) is 0.879. The minimum atomic E-state index is -0.439. The van der Waals surface area contributed by atoms with Crippen LogP contribution in [0, 0.1) is 5.92 Å². The van der Waals surface area contributed by atoms with E-state index < -0.39 is 6.10 Å². The number of rotatable bonds is 4. The summed E-state index contributed by atoms with van der Waals surface area (Å²) in [6.45, 7) is 2.20. The highest BCUT2D eigenvalue weighted by Crippen LogP contribution is 2.40. The van der Waals surface area contributed by atoms with Crippen LogP contribution in [0.5, 0.6) is 0 Å². The third-order valence-electron chi connectivity index (χ3n) is 4.71. The number of hydrogen-bond acceptors (Lipinski definition) is 5. The van der Waals surface area contributed by atoms with Gasteiger partial charge in [-0.25, -0.2) is 4.98 Å². The first-order valence-corrected chi connectivity index (χ1v) is 8.34. The predicted molar refractivity (Wildman–Crippen MR) is 88.6 cm³/mol. The van der Waals surface area contributed by atoms with Crippen LogP contribution in [0.3, 0.4) is 0 Å². The van der Waals surface area contributed by atoms with Crippen LogP contribution in [0.4, 0.5) is 5.82 Å². The van der Waals surface area contributed by atoms with E-state index in [0.29, 0.717) is 18.2 Å². The zero-order valence-corrected chi connectivity index (χ0v) is 13.6. The molecule has 1 atom stereocenters. The first-order chi connectivity index (χ1) is 11.7. The second-order valence-corrected chi connectivity index (χ2v) is 6.45. The molecule has 2 aliphatic rings. The number of aliphatic hydroxyl groups is 1. The van der Waals surface area contributed by atoms with Crippen molar-refractivity contribution in [2.75, 3.05) is 18.5 Å². The summed E-state index contributed by atoms with van der Waals surface area (Å²) in [5, 5.41) is 17.4. The van der Waals surface area contributed by atoms with Crippen molar-refractivity contribution >= 4 is 11.7 Å². The van der Waals surface area contributed by atoms with Crippen LogP contribution in [0.15, 0.2) is 24.3 Å². The van der Waals surface area contributed by atoms with Gasteiger partial charge >= 0.3 is 0 Å². The number of amides is 1. The molecule has 3 heterocycles. The van der Waals surface area contributed by atoms with E-state index in [-0.39, 0.29) is 5.91 Å². The first-order valence-electron chi connectivity index (χ1n) is 8.34. The van der Waals surface area contributed by atoms with E-state index in [0.717, 1.165) is 43.1 Å². The number of anilines is 1. The number of nitrogens with zero attached hydrogens (tertiary/aromatic N) is 4. The van der Waals surface area contributed by atoms with E-state index in [1.165, 1.54) is 0 Å². The highest BCUT2D eigenvalue weighted by atomic mass is 16.3. The Morgan fingerprint density at radius 1 is 1.38 bits per heavy atom. The van der Waals surface area contributed by atoms with Crippen molar-refractivity contribution in [3.8, 4) is 0 Å². The molecule has 1 fully saturated rings. The smallest absolute Gasteiger partial charge is 0.269 e. The normalized spacial score (nSPS) is 18.2. The summed E-state index contributed by atoms with van der Waals surface area (Å²) in [6, 6.07) is 7.47. The molecule has 0 aromatic carbocycles. The van der Waals surface area contributed by atoms with Gasteiger partial charge in [-0.05, 0) is 37.0 Å². The molecule has 1 aliphatic heterocycles. The Labute approximate surface area is 140 Å². The van der Waals surface area contributed by atoms with Crippen molar-refractivity contribution in [3.05, 3.63) is 41.3 Å². The Hall–Kier alpha value is -2.41. The molecule has 1 amide bonds. The lowest BCUT2D eigenvalue weighted by atomic mass is 10.1. The monoisotopic (exact) mass is 327 g/mol. The van der Waals surface area contributed by atoms with Crippen LogP contribution in [-0.2, 0) is 13.1 Å². The molecule has 2 N–H and O–H groups in total. The van der Waals surface area contributed by atoms with Gasteiger partial charge in [0.05, 0.1) is 24.5 Å². The van der Waals surface area contributed by atoms with Gasteiger partial charge in [0.15, 0.2) is 0 Å². The fourth-order valence-corrected chi connectivity index (χ4v) is 3.14. The van der Waals surface area contributed by atoms with E-state index >= 15 is 0 Å². The molecule has 0 radical (unpaired) electrons. The van der Waals surface area contributed by atoms with Gasteiger partial charge in [-0.1, -0.05) is 6.07 Å². The number of carbonyl (C=O) groups excluding carboxylic acids is 1. The largest absolute Gasteiger partial charge is 0.386 e. The van der Waals surface area contributed by atoms with Crippen molar-refractivity contribution in [1.29, 1.82) is 0 Å². The molecule has 2 aromatic heterocycles. The van der Waals surface area contributed by atoms with E-state index in [2.05, 4.69) is 20.3 Å². The molecule has 0 bridgehead atoms. The second-order valence-electron chi connectivity index (χ2n) is 6.45. The van der Waals surface area contributed by atoms with Gasteiger partial charge in [0.25, 0.3) is 5.91 Å². The number of aromatic nitrogens is 3. The van der Waals surface area contributed by atoms with Crippen molar-refractivity contribution in [2.45, 2.75) is 32.0 Å². The topological polar surface area (TPSA) is 83.3 Å². The van der Waals surface area contributed by atoms with Gasteiger partial charge in [0.2, 0.25) is 0 Å². The van der Waals surface area contributed by atoms with Gasteiger partial charge in [-0.3, -0.25) is 9.48 Å². The number of nitrogens with one attached hydrogen (secondary N) is 1. The lowest BCUT2D eigenvalue weighted by Gasteiger charge is -2.28. The summed E-state index contributed by atoms with van der Waals surface area (Å²) >= 11 is 0. The third-order valence-corrected chi connectivity index (χ3v) is 4.71. The van der Waals surface area contributed by atoms with Gasteiger partial charge < -0.3 is 15.3 Å². The molecule has 7 heteroatoms. The summed E-state index contributed by atoms with van der Waals surface area (Å²) in [5.74, 6) is 0.977. The standard InChI is InChI=1S/C17H21N5O2/c1-18-17(24)13-3-2-4-15(19-13)21-7-8-22-12(10-21)9-14(20-22)16(23)11-5-6-11/h2-4,9,11,16,23H,5-8,10H2,1H3,(H,18,24). The van der Waals surface area contributed by atoms with Crippen molar-refractivity contribution in [1.82, 2.24) is 20.1 Å². The molecular weight excluding hydrogens is 306 g/mol. The number of carbonyl (C=O) groups is 1. The molecule has 24 heavy (non-hydrogen) atoms. The molecular formula is C17H21N5O2. The van der Waals surface area contributed by atoms with Crippen LogP contribution >= 0.6 is 0 Å². The third kappa shape index (κ3) is 2.75. The second kappa shape index (κ2) is 5.90. The van der Waals surface area contributed by atoms with E-state index in [9.17, 15) is 9.90 Å². The maximum absolute atomic E-state index is 11.8. The summed E-state index contributed by atoms with van der Waals surface area (Å²) < 4.78 is 1.97. The molecule has 1 saturated carbocycles. The van der Waals surface area contributed by atoms with Crippen molar-refractivity contribution < 1.29 is 9.90 Å². The van der Waals surface area contributed by atoms with Gasteiger partial charge in [-0.2, -0.15) is 5.10 Å². The SMILES string of the molecule is CNC(=O)c1cccc(N2CCn3nc(C(O)C4CC4)cc3C2)n1. The van der Waals surface area contributed by atoms with Crippen molar-refractivity contribution in [2.24, 2.45) is 5.92 Å². The van der Waals surface area contributed by atoms with Crippen LogP contribution in [0.2, 0.25) is 0 Å². The fraction of sp³-hybridized carbons (Fsp3) is 0.471. The minimum absolute atomic E-state index is 0.186. The molecule has 4 rings (SSSR count). The van der Waals surface area contributed by atoms with Crippen LogP contribution in [-0.4, -0.2) is 39.4 Å². The summed E-state index contributed by atoms with van der Waals surface area (Å²) in [5.41, 5.74) is 2.27. The minimum Gasteiger partial charge on any atom is -0.386 e. The number of hydrogen-bond donors (Lipinski definition) is 2. The van der Waals surface area contributed by atoms with Crippen LogP contribution < -0.4 is 10.2 Å². The zero-order chi connectivity index (χ0) is 16.7. The summed E-state index contributed by atoms with van der Waals surface area (Å²) in [7, 11) is 1.60. The molecule has 1 unspecified atom stereocenters. The molecule has 2 aromatic rings. The lowest BCUT2D eigenvalue weighted by molar-refractivity contribution is 0.0958. The van der Waals surface area contributed by atoms with E-state index in [1.807, 2.05) is 22.9 Å². The molecule has 7 nitrogen and oxygen atoms in total. The Bertz CT molecular complexity index is 768. The van der Waals surface area contributed by atoms with Gasteiger partial charge in [-0.15, -0.1) is 0 Å². The number of aliphatic hydroxyl groups excluding tert-OH is 1. The average Bonchev–Trinajstić information content (AvgIpc) is 3.38. The lowest BCUT2D eigenvalue weighted by Crippen LogP contribution is -2.34. The van der Waals surface area contributed by atoms with E-state index in [1.54, 1.807) is 13.1 Å². The number of pyridine rings is 1. The summed E-state index contributed by atoms with van der Waals surface area (Å²) in [4.78, 5) is 18.4. The van der Waals surface area contributed by atoms with E-state index in [4.69, 9.17) is 0 Å². The molecule has 0 saturated heterocycles. The fourth-order valence-electron chi connectivity index (χ4n) is 3.14. The molecule has 1 aliphatic carbocycles. The predicted octanol–water partition coefficient (Wildman–Crippen LogP) is 1.10. The van der Waals surface area contributed by atoms with Gasteiger partial charge in [0.1, 0.15) is 17.6 Å². The Morgan fingerprint density at radius 2 is 2.21 bits per heavy atom. The Morgan fingerprint density at radius 3 is 2.96 bits per heavy atom. The number of fused-ring (bicyclic) bond motifs is 1. The highest BCUT2D eigenvalue weighted by Gasteiger charge is 2.33.